The largest absolute Gasteiger partial charge is 0.336 e. The zero-order valence-corrected chi connectivity index (χ0v) is 14.0. The van der Waals surface area contributed by atoms with Gasteiger partial charge < -0.3 is 4.90 Å². The van der Waals surface area contributed by atoms with E-state index in [0.717, 1.165) is 13.1 Å². The third kappa shape index (κ3) is 2.17. The van der Waals surface area contributed by atoms with Crippen molar-refractivity contribution in [2.24, 2.45) is 23.2 Å². The quantitative estimate of drug-likeness (QED) is 0.610. The number of nitrogens with zero attached hydrogens (tertiary/aromatic N) is 2. The average Bonchev–Trinajstić information content (AvgIpc) is 3.24. The van der Waals surface area contributed by atoms with Gasteiger partial charge in [-0.3, -0.25) is 10.2 Å². The molecule has 7 heteroatoms. The van der Waals surface area contributed by atoms with Crippen molar-refractivity contribution in [3.05, 3.63) is 28.2 Å². The molecule has 4 atom stereocenters. The number of carbonyl (C=O) groups is 2. The summed E-state index contributed by atoms with van der Waals surface area (Å²) in [4.78, 5) is 30.8. The van der Waals surface area contributed by atoms with Crippen LogP contribution in [0.5, 0.6) is 0 Å². The zero-order valence-electron chi connectivity index (χ0n) is 13.2. The Labute approximate surface area is 138 Å². The molecule has 1 aromatic rings. The molecule has 0 spiro atoms. The summed E-state index contributed by atoms with van der Waals surface area (Å²) in [7, 11) is 0. The van der Waals surface area contributed by atoms with Crippen molar-refractivity contribution in [1.29, 1.82) is 0 Å². The summed E-state index contributed by atoms with van der Waals surface area (Å²) in [5, 5.41) is 0. The van der Waals surface area contributed by atoms with Crippen LogP contribution in [0.2, 0.25) is 0 Å². The number of allylic oxidation sites excluding steroid dienone is 2. The maximum atomic E-state index is 12.4. The van der Waals surface area contributed by atoms with E-state index in [9.17, 15) is 9.59 Å². The molecule has 1 aliphatic heterocycles. The summed E-state index contributed by atoms with van der Waals surface area (Å²) in [5.41, 5.74) is 7.52. The first-order valence-corrected chi connectivity index (χ1v) is 8.80. The van der Waals surface area contributed by atoms with Crippen molar-refractivity contribution in [2.75, 3.05) is 13.1 Å². The van der Waals surface area contributed by atoms with E-state index in [4.69, 9.17) is 0 Å². The topological polar surface area (TPSA) is 74.3 Å². The SMILES string of the molecule is Cc1ncsc1C(=O)NNC(=O)N1C[C@@H]2[C@@H]3C=C[C@@H](C3)[C@]2(C)C1. The average molecular weight is 332 g/mol. The van der Waals surface area contributed by atoms with Crippen LogP contribution in [0.25, 0.3) is 0 Å². The standard InChI is InChI=1S/C16H20N4O2S/c1-9-13(23-8-17-9)14(21)18-19-15(22)20-6-12-10-3-4-11(5-10)16(12,2)7-20/h3-4,8,10-12H,5-7H2,1-2H3,(H,18,21)(H,19,22)/t10-,11+,12-,16+/m1/s1. The van der Waals surface area contributed by atoms with Crippen LogP contribution in [0.15, 0.2) is 17.7 Å². The van der Waals surface area contributed by atoms with Gasteiger partial charge in [0, 0.05) is 13.1 Å². The molecule has 0 aromatic carbocycles. The summed E-state index contributed by atoms with van der Waals surface area (Å²) in [5.74, 6) is 1.43. The Morgan fingerprint density at radius 2 is 2.22 bits per heavy atom. The Kier molecular flexibility index (Phi) is 3.23. The number of aryl methyl sites for hydroxylation is 1. The van der Waals surface area contributed by atoms with Crippen molar-refractivity contribution >= 4 is 23.3 Å². The highest BCUT2D eigenvalue weighted by molar-refractivity contribution is 7.11. The molecule has 0 radical (unpaired) electrons. The predicted octanol–water partition coefficient (Wildman–Crippen LogP) is 1.95. The van der Waals surface area contributed by atoms with Crippen molar-refractivity contribution in [3.63, 3.8) is 0 Å². The lowest BCUT2D eigenvalue weighted by molar-refractivity contribution is 0.0933. The van der Waals surface area contributed by atoms with E-state index < -0.39 is 0 Å². The number of amides is 3. The number of hydrazine groups is 1. The molecule has 2 aliphatic carbocycles. The second-order valence-corrected chi connectivity index (χ2v) is 7.89. The lowest BCUT2D eigenvalue weighted by Gasteiger charge is -2.31. The van der Waals surface area contributed by atoms with E-state index in [1.54, 1.807) is 12.4 Å². The Morgan fingerprint density at radius 1 is 1.39 bits per heavy atom. The highest BCUT2D eigenvalue weighted by Gasteiger charge is 2.58. The van der Waals surface area contributed by atoms with Gasteiger partial charge in [-0.05, 0) is 36.5 Å². The molecular weight excluding hydrogens is 312 g/mol. The van der Waals surface area contributed by atoms with Crippen LogP contribution in [0.1, 0.15) is 28.7 Å². The molecule has 0 unspecified atom stereocenters. The Balaban J connectivity index is 1.36. The van der Waals surface area contributed by atoms with Crippen LogP contribution in [0.3, 0.4) is 0 Å². The van der Waals surface area contributed by atoms with Gasteiger partial charge in [-0.2, -0.15) is 0 Å². The normalized spacial score (nSPS) is 33.8. The number of nitrogens with one attached hydrogen (secondary N) is 2. The highest BCUT2D eigenvalue weighted by Crippen LogP contribution is 2.59. The fourth-order valence-electron chi connectivity index (χ4n) is 4.49. The van der Waals surface area contributed by atoms with Gasteiger partial charge in [0.1, 0.15) is 4.88 Å². The van der Waals surface area contributed by atoms with Gasteiger partial charge in [0.15, 0.2) is 0 Å². The molecule has 2 bridgehead atoms. The predicted molar refractivity (Wildman–Crippen MR) is 86.8 cm³/mol. The van der Waals surface area contributed by atoms with Crippen LogP contribution in [-0.2, 0) is 0 Å². The number of thiazole rings is 1. The number of hydrogen-bond acceptors (Lipinski definition) is 4. The van der Waals surface area contributed by atoms with Gasteiger partial charge in [-0.1, -0.05) is 19.1 Å². The zero-order chi connectivity index (χ0) is 16.2. The molecule has 2 N–H and O–H groups in total. The van der Waals surface area contributed by atoms with Crippen LogP contribution >= 0.6 is 11.3 Å². The highest BCUT2D eigenvalue weighted by atomic mass is 32.1. The minimum Gasteiger partial charge on any atom is -0.322 e. The van der Waals surface area contributed by atoms with Crippen LogP contribution in [-0.4, -0.2) is 34.9 Å². The van der Waals surface area contributed by atoms with Gasteiger partial charge in [-0.25, -0.2) is 15.2 Å². The summed E-state index contributed by atoms with van der Waals surface area (Å²) >= 11 is 1.27. The molecule has 122 valence electrons. The smallest absolute Gasteiger partial charge is 0.322 e. The number of aromatic nitrogens is 1. The van der Waals surface area contributed by atoms with Crippen LogP contribution in [0.4, 0.5) is 4.79 Å². The third-order valence-electron chi connectivity index (χ3n) is 5.80. The van der Waals surface area contributed by atoms with E-state index in [1.807, 2.05) is 4.90 Å². The van der Waals surface area contributed by atoms with Gasteiger partial charge in [0.2, 0.25) is 0 Å². The molecule has 23 heavy (non-hydrogen) atoms. The second-order valence-electron chi connectivity index (χ2n) is 7.03. The van der Waals surface area contributed by atoms with E-state index in [0.29, 0.717) is 28.3 Å². The molecule has 2 heterocycles. The van der Waals surface area contributed by atoms with Crippen molar-refractivity contribution in [1.82, 2.24) is 20.7 Å². The molecule has 3 aliphatic rings. The number of hydrogen-bond donors (Lipinski definition) is 2. The molecule has 4 rings (SSSR count). The summed E-state index contributed by atoms with van der Waals surface area (Å²) in [6.45, 7) is 5.59. The monoisotopic (exact) mass is 332 g/mol. The van der Waals surface area contributed by atoms with Crippen LogP contribution in [0, 0.1) is 30.1 Å². The van der Waals surface area contributed by atoms with E-state index in [-0.39, 0.29) is 17.4 Å². The minimum atomic E-state index is -0.314. The molecule has 1 aromatic heterocycles. The van der Waals surface area contributed by atoms with Crippen molar-refractivity contribution in [3.8, 4) is 0 Å². The maximum Gasteiger partial charge on any atom is 0.336 e. The number of urea groups is 1. The molecule has 1 saturated heterocycles. The van der Waals surface area contributed by atoms with Gasteiger partial charge in [-0.15, -0.1) is 11.3 Å². The first kappa shape index (κ1) is 14.7. The van der Waals surface area contributed by atoms with Crippen molar-refractivity contribution < 1.29 is 9.59 Å². The first-order valence-electron chi connectivity index (χ1n) is 7.92. The van der Waals surface area contributed by atoms with E-state index in [2.05, 4.69) is 34.9 Å². The van der Waals surface area contributed by atoms with Crippen LogP contribution < -0.4 is 10.9 Å². The maximum absolute atomic E-state index is 12.4. The minimum absolute atomic E-state index is 0.190. The van der Waals surface area contributed by atoms with E-state index >= 15 is 0 Å². The Morgan fingerprint density at radius 3 is 2.91 bits per heavy atom. The fraction of sp³-hybridized carbons (Fsp3) is 0.562. The van der Waals surface area contributed by atoms with Crippen molar-refractivity contribution in [2.45, 2.75) is 20.3 Å². The van der Waals surface area contributed by atoms with Gasteiger partial charge in [0.05, 0.1) is 11.2 Å². The summed E-state index contributed by atoms with van der Waals surface area (Å²) in [6.07, 6.45) is 5.86. The number of likely N-dealkylation sites (tertiary alicyclic amines) is 1. The molecule has 1 saturated carbocycles. The summed E-state index contributed by atoms with van der Waals surface area (Å²) in [6, 6.07) is -0.226. The van der Waals surface area contributed by atoms with Gasteiger partial charge >= 0.3 is 6.03 Å². The number of carbonyl (C=O) groups excluding carboxylic acids is 2. The Hall–Kier alpha value is -1.89. The molecule has 6 nitrogen and oxygen atoms in total. The molecule has 2 fully saturated rings. The second kappa shape index (κ2) is 5.06. The number of fused-ring (bicyclic) bond motifs is 5. The first-order chi connectivity index (χ1) is 11.0. The lowest BCUT2D eigenvalue weighted by atomic mass is 9.72. The fourth-order valence-corrected chi connectivity index (χ4v) is 5.19. The van der Waals surface area contributed by atoms with Gasteiger partial charge in [0.25, 0.3) is 5.91 Å². The molecular formula is C16H20N4O2S. The summed E-state index contributed by atoms with van der Waals surface area (Å²) < 4.78 is 0. The van der Waals surface area contributed by atoms with E-state index in [1.165, 1.54) is 17.8 Å². The Bertz CT molecular complexity index is 700. The number of rotatable bonds is 1. The third-order valence-corrected chi connectivity index (χ3v) is 6.73. The lowest BCUT2D eigenvalue weighted by Crippen LogP contribution is -2.48. The molecule has 3 amide bonds.